The van der Waals surface area contributed by atoms with Crippen molar-refractivity contribution in [2.75, 3.05) is 0 Å². The van der Waals surface area contributed by atoms with Crippen molar-refractivity contribution < 1.29 is 27.1 Å². The van der Waals surface area contributed by atoms with E-state index in [4.69, 9.17) is 24.8 Å². The highest BCUT2D eigenvalue weighted by Crippen LogP contribution is 2.43. The molecule has 0 radical (unpaired) electrons. The molecule has 13 rings (SSSR count). The molecule has 5 heteroatoms. The van der Waals surface area contributed by atoms with Crippen LogP contribution >= 0.6 is 0 Å². The van der Waals surface area contributed by atoms with Gasteiger partial charge in [0, 0.05) is 32.7 Å². The van der Waals surface area contributed by atoms with Gasteiger partial charge in [-0.15, -0.1) is 0 Å². The number of aryl methyl sites for hydroxylation is 1. The quantitative estimate of drug-likeness (QED) is 0.101. The largest absolute Gasteiger partial charge is 0.458 e. The number of pyridine rings is 1. The number of ether oxygens (including phenoxy) is 1. The van der Waals surface area contributed by atoms with E-state index in [0.717, 1.165) is 72.0 Å². The van der Waals surface area contributed by atoms with Gasteiger partial charge in [-0.25, -0.2) is 4.98 Å². The monoisotopic (exact) mass is 1100 g/mol. The van der Waals surface area contributed by atoms with Crippen LogP contribution in [0, 0.1) is 13.2 Å². The molecule has 0 fully saturated rings. The van der Waals surface area contributed by atoms with Gasteiger partial charge in [-0.05, 0) is 156 Å². The van der Waals surface area contributed by atoms with Gasteiger partial charge in [0.1, 0.15) is 17.3 Å². The van der Waals surface area contributed by atoms with Gasteiger partial charge < -0.3 is 4.74 Å². The molecule has 0 saturated heterocycles. The topological polar surface area (TPSA) is 35.9 Å². The van der Waals surface area contributed by atoms with Crippen LogP contribution in [0.15, 0.2) is 243 Å². The van der Waals surface area contributed by atoms with Crippen LogP contribution in [-0.4, -0.2) is 14.1 Å². The van der Waals surface area contributed by atoms with E-state index >= 15 is 0 Å². The summed E-state index contributed by atoms with van der Waals surface area (Å²) in [6.07, 6.45) is 5.14. The fourth-order valence-corrected chi connectivity index (χ4v) is 11.2. The summed E-state index contributed by atoms with van der Waals surface area (Å²) < 4.78 is 126. The number of hydrogen-bond donors (Lipinski definition) is 0. The van der Waals surface area contributed by atoms with Gasteiger partial charge in [-0.2, -0.15) is 0 Å². The lowest BCUT2D eigenvalue weighted by atomic mass is 9.83. The lowest BCUT2D eigenvalue weighted by molar-refractivity contribution is -0.571. The average molecular weight is 1100 g/mol. The molecule has 84 heavy (non-hydrogen) atoms. The normalized spacial score (nSPS) is 14.5. The van der Waals surface area contributed by atoms with E-state index in [1.807, 2.05) is 100 Å². The number of benzene rings is 10. The van der Waals surface area contributed by atoms with Gasteiger partial charge >= 0.3 is 0 Å². The molecule has 0 N–H and O–H groups in total. The van der Waals surface area contributed by atoms with Gasteiger partial charge in [0.2, 0.25) is 0 Å². The second-order valence-electron chi connectivity index (χ2n) is 24.6. The van der Waals surface area contributed by atoms with E-state index in [-0.39, 0.29) is 56.4 Å². The fraction of sp³-hybridized carbons (Fsp3) is 0.165. The maximum atomic E-state index is 9.35. The molecule has 0 amide bonds. The second-order valence-corrected chi connectivity index (χ2v) is 24.6. The number of para-hydroxylation sites is 1. The maximum absolute atomic E-state index is 9.35. The van der Waals surface area contributed by atoms with E-state index in [0.29, 0.717) is 33.8 Å². The van der Waals surface area contributed by atoms with Crippen molar-refractivity contribution >= 4 is 32.8 Å². The molecule has 0 bridgehead atoms. The third-order valence-corrected chi connectivity index (χ3v) is 15.8. The van der Waals surface area contributed by atoms with Crippen molar-refractivity contribution in [2.24, 2.45) is 0 Å². The first-order valence-corrected chi connectivity index (χ1v) is 28.3. The third-order valence-electron chi connectivity index (χ3n) is 15.8. The van der Waals surface area contributed by atoms with Crippen LogP contribution in [0.3, 0.4) is 0 Å². The Morgan fingerprint density at radius 2 is 1.06 bits per heavy atom. The van der Waals surface area contributed by atoms with Crippen LogP contribution in [0.4, 0.5) is 0 Å². The molecule has 10 aromatic carbocycles. The van der Waals surface area contributed by atoms with Gasteiger partial charge in [-0.1, -0.05) is 232 Å². The summed E-state index contributed by atoms with van der Waals surface area (Å²) in [5, 5.41) is 1.67. The highest BCUT2D eigenvalue weighted by Gasteiger charge is 2.25. The average Bonchev–Trinajstić information content (AvgIpc) is 1.73. The van der Waals surface area contributed by atoms with Crippen molar-refractivity contribution in [3.63, 3.8) is 0 Å². The molecule has 13 aromatic rings. The minimum absolute atomic E-state index is 0.0703. The Bertz CT molecular complexity index is 5240. The van der Waals surface area contributed by atoms with E-state index in [9.17, 15) is 2.74 Å². The van der Waals surface area contributed by atoms with Crippen LogP contribution in [0.2, 0.25) is 0 Å². The first-order valence-electron chi connectivity index (χ1n) is 34.8. The zero-order valence-electron chi connectivity index (χ0n) is 61.5. The van der Waals surface area contributed by atoms with E-state index in [1.165, 1.54) is 17.8 Å². The molecule has 0 saturated carbocycles. The van der Waals surface area contributed by atoms with Crippen molar-refractivity contribution in [1.29, 1.82) is 0 Å². The van der Waals surface area contributed by atoms with Crippen LogP contribution < -0.4 is 9.30 Å². The smallest absolute Gasteiger partial charge is 0.269 e. The highest BCUT2D eigenvalue weighted by atomic mass is 16.5. The molecule has 5 nitrogen and oxygen atoms in total. The molecular formula is C79H70N4O. The molecule has 0 unspecified atom stereocenters. The maximum Gasteiger partial charge on any atom is 0.269 e. The summed E-state index contributed by atoms with van der Waals surface area (Å²) in [5.41, 5.74) is 12.1. The number of nitrogens with zero attached hydrogens (tertiary/aromatic N) is 4. The summed E-state index contributed by atoms with van der Waals surface area (Å²) in [4.78, 5) is 4.78. The Balaban J connectivity index is 1.03. The summed E-state index contributed by atoms with van der Waals surface area (Å²) in [5.74, 6) is 1.14. The molecule has 3 aromatic heterocycles. The fourth-order valence-electron chi connectivity index (χ4n) is 11.2. The van der Waals surface area contributed by atoms with Crippen LogP contribution in [0.5, 0.6) is 11.5 Å². The Morgan fingerprint density at radius 3 is 1.71 bits per heavy atom. The van der Waals surface area contributed by atoms with E-state index in [2.05, 4.69) is 152 Å². The van der Waals surface area contributed by atoms with Gasteiger partial charge in [-0.3, -0.25) is 13.7 Å². The van der Waals surface area contributed by atoms with Gasteiger partial charge in [0.05, 0.1) is 47.1 Å². The summed E-state index contributed by atoms with van der Waals surface area (Å²) in [6.45, 7) is 16.8. The summed E-state index contributed by atoms with van der Waals surface area (Å²) >= 11 is 0. The predicted octanol–water partition coefficient (Wildman–Crippen LogP) is 20.5. The minimum atomic E-state index is -2.79. The SMILES string of the molecule is [2H]c1c([2H])c([2H])c(-c2cc(-c3cccc(C(C)(C)C)c3)c(-[n+]3[c-]n(-c4cccc(Oc5ccc6c7ccccc7n(-c7cc(C([2H])([2H])[2H])c(-c8c([2H])c([2H])c([2H])c([2H])c8[2H])cn7)c6c5)c4)c4cc(-c5ccc(C(C)(C)C)cc5)ccc43)c(-c3cccc(C(C)(C)C)c3)c2)c([2H])c1[2H]. The lowest BCUT2D eigenvalue weighted by Crippen LogP contribution is -2.31. The molecule has 0 spiro atoms. The number of fused-ring (bicyclic) bond motifs is 4. The molecule has 0 aliphatic rings. The molecule has 412 valence electrons. The van der Waals surface area contributed by atoms with E-state index < -0.39 is 55.2 Å². The Kier molecular flexibility index (Phi) is 10.1. The van der Waals surface area contributed by atoms with Crippen LogP contribution in [-0.2, 0) is 16.2 Å². The van der Waals surface area contributed by atoms with Crippen molar-refractivity contribution in [2.45, 2.75) is 85.4 Å². The lowest BCUT2D eigenvalue weighted by Gasteiger charge is -2.24. The summed E-state index contributed by atoms with van der Waals surface area (Å²) in [6, 6.07) is 53.3. The Morgan fingerprint density at radius 1 is 0.452 bits per heavy atom. The van der Waals surface area contributed by atoms with Crippen LogP contribution in [0.25, 0.3) is 106 Å². The third kappa shape index (κ3) is 10.2. The summed E-state index contributed by atoms with van der Waals surface area (Å²) in [7, 11) is 0. The molecule has 3 heterocycles. The Hall–Kier alpha value is -9.58. The molecule has 0 aliphatic heterocycles. The predicted molar refractivity (Wildman–Crippen MR) is 350 cm³/mol. The first kappa shape index (κ1) is 40.6. The first-order chi connectivity index (χ1) is 45.8. The van der Waals surface area contributed by atoms with Gasteiger partial charge in [0.25, 0.3) is 6.33 Å². The standard InChI is InChI=1S/C79H70N4O/c1-52-42-75(80-50-70(52)55-24-15-12-16-25-55)83-71-33-18-17-32-66(71)67-40-39-65(49-73(67)83)84-64-31-21-30-63(48-64)81-51-82(72-41-36-56(47-74(72)81)54-34-37-60(38-35-54)77(2,3)4)76-68(57-26-19-28-61(43-57)78(5,6)7)45-59(53-22-13-11-14-23-53)46-69(76)58-27-20-29-62(44-58)79(8,9)10/h11-50H,1-10H3/i1D3,11D,12D,13D,14D,15D,16D,22D,23D,24D,25D. The molecule has 0 aliphatic carbocycles. The second kappa shape index (κ2) is 21.0. The van der Waals surface area contributed by atoms with Gasteiger partial charge in [0.15, 0.2) is 0 Å². The minimum Gasteiger partial charge on any atom is -0.458 e. The van der Waals surface area contributed by atoms with Crippen molar-refractivity contribution in [3.8, 4) is 84.3 Å². The van der Waals surface area contributed by atoms with E-state index in [1.54, 1.807) is 0 Å². The molecule has 0 atom stereocenters. The zero-order chi connectivity index (χ0) is 69.3. The van der Waals surface area contributed by atoms with Crippen LogP contribution in [0.1, 0.15) is 102 Å². The molecular weight excluding hydrogens is 1020 g/mol. The van der Waals surface area contributed by atoms with Crippen molar-refractivity contribution in [1.82, 2.24) is 14.1 Å². The Labute approximate surface area is 513 Å². The number of hydrogen-bond acceptors (Lipinski definition) is 2. The number of aromatic nitrogens is 4. The van der Waals surface area contributed by atoms with Crippen molar-refractivity contribution in [3.05, 3.63) is 271 Å². The highest BCUT2D eigenvalue weighted by molar-refractivity contribution is 6.09. The zero-order valence-corrected chi connectivity index (χ0v) is 48.5. The number of imidazole rings is 1. The number of rotatable bonds is 10.